The molecule has 0 saturated carbocycles. The van der Waals surface area contributed by atoms with Crippen LogP contribution in [0.3, 0.4) is 0 Å². The molecule has 3 aromatic rings. The van der Waals surface area contributed by atoms with E-state index < -0.39 is 52.5 Å². The van der Waals surface area contributed by atoms with Gasteiger partial charge in [0.25, 0.3) is 11.5 Å². The molecule has 2 aromatic heterocycles. The summed E-state index contributed by atoms with van der Waals surface area (Å²) in [5, 5.41) is 7.80. The Balaban J connectivity index is 1.39. The molecular weight excluding hydrogens is 537 g/mol. The molecule has 1 atom stereocenters. The number of rotatable bonds is 7. The van der Waals surface area contributed by atoms with Crippen molar-refractivity contribution in [2.24, 2.45) is 0 Å². The van der Waals surface area contributed by atoms with Crippen molar-refractivity contribution in [1.82, 2.24) is 25.1 Å². The van der Waals surface area contributed by atoms with Gasteiger partial charge in [-0.2, -0.15) is 31.4 Å². The Morgan fingerprint density at radius 1 is 1.03 bits per heavy atom. The summed E-state index contributed by atoms with van der Waals surface area (Å²) in [6.07, 6.45) is -6.44. The monoisotopic (exact) mass is 558 g/mol. The van der Waals surface area contributed by atoms with Gasteiger partial charge in [-0.3, -0.25) is 9.59 Å². The molecule has 1 aromatic carbocycles. The van der Waals surface area contributed by atoms with Gasteiger partial charge >= 0.3 is 12.4 Å². The van der Waals surface area contributed by atoms with Crippen molar-refractivity contribution in [2.45, 2.75) is 44.6 Å². The summed E-state index contributed by atoms with van der Waals surface area (Å²) in [7, 11) is 0. The first kappa shape index (κ1) is 28.0. The molecule has 39 heavy (non-hydrogen) atoms. The largest absolute Gasteiger partial charge is 0.423 e. The van der Waals surface area contributed by atoms with E-state index in [2.05, 4.69) is 20.4 Å². The topological polar surface area (TPSA) is 104 Å². The Bertz CT molecular complexity index is 1420. The highest BCUT2D eigenvalue weighted by Crippen LogP contribution is 2.33. The zero-order valence-corrected chi connectivity index (χ0v) is 20.3. The van der Waals surface area contributed by atoms with Gasteiger partial charge in [0.15, 0.2) is 5.82 Å². The molecule has 1 unspecified atom stereocenters. The van der Waals surface area contributed by atoms with Crippen molar-refractivity contribution in [2.75, 3.05) is 18.4 Å². The number of carbonyl (C=O) groups is 1. The molecule has 0 bridgehead atoms. The predicted octanol–water partition coefficient (Wildman–Crippen LogP) is 4.68. The molecule has 4 rings (SSSR count). The van der Waals surface area contributed by atoms with E-state index in [1.54, 1.807) is 12.0 Å². The molecule has 15 heteroatoms. The van der Waals surface area contributed by atoms with Gasteiger partial charge in [0.1, 0.15) is 11.4 Å². The fourth-order valence-corrected chi connectivity index (χ4v) is 4.26. The molecule has 0 saturated heterocycles. The van der Waals surface area contributed by atoms with Gasteiger partial charge in [-0.05, 0) is 43.9 Å². The lowest BCUT2D eigenvalue weighted by atomic mass is 9.95. The van der Waals surface area contributed by atoms with E-state index in [4.69, 9.17) is 0 Å². The Morgan fingerprint density at radius 3 is 2.36 bits per heavy atom. The summed E-state index contributed by atoms with van der Waals surface area (Å²) in [4.78, 5) is 33.3. The van der Waals surface area contributed by atoms with E-state index >= 15 is 0 Å². The highest BCUT2D eigenvalue weighted by Gasteiger charge is 2.37. The van der Waals surface area contributed by atoms with Crippen LogP contribution in [-0.2, 0) is 18.8 Å². The standard InChI is InChI=1S/C24H21F7N6O2/c1-12(35-18-11-34-36-21(38)19(18)24(29,30)31)3-2-5-37-6-4-13-7-16(17(25)8-15(13)22(37)39)20-32-9-14(10-33-20)23(26,27)28/h7-12H,2-6H2,1H3,(H2,35,36,38). The first-order valence-electron chi connectivity index (χ1n) is 11.7. The second-order valence-electron chi connectivity index (χ2n) is 9.00. The summed E-state index contributed by atoms with van der Waals surface area (Å²) in [6, 6.07) is 1.86. The van der Waals surface area contributed by atoms with E-state index in [0.29, 0.717) is 37.2 Å². The van der Waals surface area contributed by atoms with Crippen LogP contribution in [0, 0.1) is 5.82 Å². The van der Waals surface area contributed by atoms with E-state index in [0.717, 1.165) is 12.3 Å². The number of hydrogen-bond acceptors (Lipinski definition) is 6. The van der Waals surface area contributed by atoms with E-state index in [9.17, 15) is 40.3 Å². The highest BCUT2D eigenvalue weighted by molar-refractivity contribution is 5.97. The predicted molar refractivity (Wildman–Crippen MR) is 124 cm³/mol. The Kier molecular flexibility index (Phi) is 7.61. The van der Waals surface area contributed by atoms with Gasteiger partial charge in [0.05, 0.1) is 23.0 Å². The van der Waals surface area contributed by atoms with Crippen molar-refractivity contribution in [3.05, 3.63) is 69.1 Å². The number of amides is 1. The minimum Gasteiger partial charge on any atom is -0.381 e. The number of aromatic amines is 1. The van der Waals surface area contributed by atoms with Gasteiger partial charge in [0.2, 0.25) is 0 Å². The summed E-state index contributed by atoms with van der Waals surface area (Å²) in [6.45, 7) is 2.15. The minimum absolute atomic E-state index is 0.102. The maximum absolute atomic E-state index is 14.8. The van der Waals surface area contributed by atoms with Crippen LogP contribution in [0.2, 0.25) is 0 Å². The fourth-order valence-electron chi connectivity index (χ4n) is 4.26. The van der Waals surface area contributed by atoms with Crippen LogP contribution in [0.5, 0.6) is 0 Å². The highest BCUT2D eigenvalue weighted by atomic mass is 19.4. The first-order valence-corrected chi connectivity index (χ1v) is 11.7. The van der Waals surface area contributed by atoms with Crippen molar-refractivity contribution in [3.63, 3.8) is 0 Å². The molecule has 208 valence electrons. The third-order valence-corrected chi connectivity index (χ3v) is 6.19. The molecule has 1 aliphatic rings. The molecule has 1 amide bonds. The lowest BCUT2D eigenvalue weighted by Gasteiger charge is -2.29. The average molecular weight is 558 g/mol. The van der Waals surface area contributed by atoms with Crippen molar-refractivity contribution in [1.29, 1.82) is 0 Å². The SMILES string of the molecule is CC(CCCN1CCc2cc(-c3ncc(C(F)(F)F)cn3)c(F)cc2C1=O)Nc1cn[nH]c(=O)c1C(F)(F)F. The van der Waals surface area contributed by atoms with Gasteiger partial charge in [-0.1, -0.05) is 0 Å². The van der Waals surface area contributed by atoms with Crippen LogP contribution in [0.4, 0.5) is 36.4 Å². The molecule has 1 aliphatic heterocycles. The maximum Gasteiger partial charge on any atom is 0.423 e. The van der Waals surface area contributed by atoms with Crippen LogP contribution in [0.25, 0.3) is 11.4 Å². The number of fused-ring (bicyclic) bond motifs is 1. The number of halogens is 7. The van der Waals surface area contributed by atoms with Crippen LogP contribution in [-0.4, -0.2) is 50.1 Å². The van der Waals surface area contributed by atoms with Crippen molar-refractivity contribution < 1.29 is 35.5 Å². The van der Waals surface area contributed by atoms with Crippen molar-refractivity contribution >= 4 is 11.6 Å². The second kappa shape index (κ2) is 10.6. The first-order chi connectivity index (χ1) is 18.3. The van der Waals surface area contributed by atoms with Gasteiger partial charge in [0, 0.05) is 37.1 Å². The molecule has 0 fully saturated rings. The lowest BCUT2D eigenvalue weighted by Crippen LogP contribution is -2.38. The Morgan fingerprint density at radius 2 is 1.72 bits per heavy atom. The number of H-pyrrole nitrogens is 1. The number of benzene rings is 1. The van der Waals surface area contributed by atoms with Crippen LogP contribution >= 0.6 is 0 Å². The number of hydrogen-bond donors (Lipinski definition) is 2. The second-order valence-corrected chi connectivity index (χ2v) is 9.00. The smallest absolute Gasteiger partial charge is 0.381 e. The third-order valence-electron chi connectivity index (χ3n) is 6.19. The van der Waals surface area contributed by atoms with Crippen LogP contribution in [0.1, 0.15) is 46.8 Å². The molecule has 0 radical (unpaired) electrons. The van der Waals surface area contributed by atoms with E-state index in [1.807, 2.05) is 0 Å². The molecule has 0 aliphatic carbocycles. The number of alkyl halides is 6. The number of anilines is 1. The van der Waals surface area contributed by atoms with Crippen LogP contribution in [0.15, 0.2) is 35.5 Å². The van der Waals surface area contributed by atoms with Gasteiger partial charge in [-0.25, -0.2) is 19.5 Å². The maximum atomic E-state index is 14.8. The molecule has 2 N–H and O–H groups in total. The van der Waals surface area contributed by atoms with E-state index in [-0.39, 0.29) is 30.0 Å². The number of nitrogens with one attached hydrogen (secondary N) is 2. The normalized spacial score (nSPS) is 14.8. The molecule has 3 heterocycles. The summed E-state index contributed by atoms with van der Waals surface area (Å²) in [5.41, 5.74) is -3.80. The van der Waals surface area contributed by atoms with Crippen LogP contribution < -0.4 is 10.9 Å². The van der Waals surface area contributed by atoms with Crippen molar-refractivity contribution in [3.8, 4) is 11.4 Å². The van der Waals surface area contributed by atoms with Gasteiger partial charge in [-0.15, -0.1) is 0 Å². The summed E-state index contributed by atoms with van der Waals surface area (Å²) < 4.78 is 92.7. The van der Waals surface area contributed by atoms with E-state index in [1.165, 1.54) is 11.0 Å². The number of carbonyl (C=O) groups excluding carboxylic acids is 1. The summed E-state index contributed by atoms with van der Waals surface area (Å²) in [5.74, 6) is -1.56. The third kappa shape index (κ3) is 6.17. The quantitative estimate of drug-likeness (QED) is 0.408. The Labute approximate surface area is 216 Å². The lowest BCUT2D eigenvalue weighted by molar-refractivity contribution is -0.139. The fraction of sp³-hybridized carbons (Fsp3) is 0.375. The molecule has 8 nitrogen and oxygen atoms in total. The zero-order valence-electron chi connectivity index (χ0n) is 20.3. The zero-order chi connectivity index (χ0) is 28.5. The minimum atomic E-state index is -4.88. The Hall–Kier alpha value is -4.04. The number of aromatic nitrogens is 4. The summed E-state index contributed by atoms with van der Waals surface area (Å²) >= 11 is 0. The molecule has 0 spiro atoms. The number of nitrogens with zero attached hydrogens (tertiary/aromatic N) is 4. The average Bonchev–Trinajstić information content (AvgIpc) is 2.84. The molecular formula is C24H21F7N6O2. The van der Waals surface area contributed by atoms with Gasteiger partial charge < -0.3 is 10.2 Å².